The number of benzene rings is 2. The first-order chi connectivity index (χ1) is 15.7. The predicted molar refractivity (Wildman–Crippen MR) is 117 cm³/mol. The molecular weight excluding hydrogens is 452 g/mol. The third-order valence-corrected chi connectivity index (χ3v) is 4.78. The Morgan fingerprint density at radius 2 is 1.67 bits per heavy atom. The molecule has 0 fully saturated rings. The number of rotatable bonds is 9. The number of carbonyl (C=O) groups is 3. The van der Waals surface area contributed by atoms with Gasteiger partial charge >= 0.3 is 11.9 Å². The number of aliphatic hydroxyl groups is 1. The van der Waals surface area contributed by atoms with Crippen LogP contribution in [0.4, 0.5) is 0 Å². The number of hydrogen-bond acceptors (Lipinski definition) is 7. The van der Waals surface area contributed by atoms with Gasteiger partial charge in [0.2, 0.25) is 0 Å². The molecule has 2 aromatic carbocycles. The van der Waals surface area contributed by atoms with Crippen LogP contribution in [-0.4, -0.2) is 60.8 Å². The van der Waals surface area contributed by atoms with Crippen molar-refractivity contribution in [3.8, 4) is 11.1 Å². The quantitative estimate of drug-likeness (QED) is 0.344. The van der Waals surface area contributed by atoms with Gasteiger partial charge in [-0.3, -0.25) is 10.2 Å². The molecule has 33 heavy (non-hydrogen) atoms. The summed E-state index contributed by atoms with van der Waals surface area (Å²) in [5, 5.41) is 29.7. The summed E-state index contributed by atoms with van der Waals surface area (Å²) >= 11 is 6.03. The van der Waals surface area contributed by atoms with E-state index in [9.17, 15) is 19.5 Å². The lowest BCUT2D eigenvalue weighted by atomic mass is 10.0. The van der Waals surface area contributed by atoms with Crippen LogP contribution in [-0.2, 0) is 11.3 Å². The maximum absolute atomic E-state index is 12.6. The molecule has 4 N–H and O–H groups in total. The first-order valence-electron chi connectivity index (χ1n) is 9.60. The van der Waals surface area contributed by atoms with Gasteiger partial charge in [-0.25, -0.2) is 24.6 Å². The van der Waals surface area contributed by atoms with Gasteiger partial charge in [-0.05, 0) is 28.8 Å². The molecular formula is C22H19ClN4O6. The van der Waals surface area contributed by atoms with Gasteiger partial charge in [0.25, 0.3) is 5.91 Å². The molecule has 0 spiro atoms. The number of amides is 1. The van der Waals surface area contributed by atoms with E-state index in [1.165, 1.54) is 5.01 Å². The van der Waals surface area contributed by atoms with Crippen LogP contribution in [0.5, 0.6) is 0 Å². The Kier molecular flexibility index (Phi) is 7.67. The maximum atomic E-state index is 12.6. The predicted octanol–water partition coefficient (Wildman–Crippen LogP) is 2.09. The molecule has 0 aliphatic carbocycles. The molecule has 1 aromatic heterocycles. The number of aliphatic hydroxyl groups excluding tert-OH is 1. The van der Waals surface area contributed by atoms with E-state index in [2.05, 4.69) is 15.4 Å². The molecule has 1 atom stereocenters. The summed E-state index contributed by atoms with van der Waals surface area (Å²) < 4.78 is 0. The topological polar surface area (TPSA) is 153 Å². The number of aromatic nitrogens is 2. The van der Waals surface area contributed by atoms with Crippen LogP contribution >= 0.6 is 11.6 Å². The number of carboxylic acids is 2. The molecule has 1 heterocycles. The molecule has 0 saturated heterocycles. The molecule has 11 heteroatoms. The largest absolute Gasteiger partial charge is 0.479 e. The van der Waals surface area contributed by atoms with Gasteiger partial charge in [-0.1, -0.05) is 48.0 Å². The van der Waals surface area contributed by atoms with Crippen molar-refractivity contribution in [3.63, 3.8) is 0 Å². The van der Waals surface area contributed by atoms with Crippen molar-refractivity contribution >= 4 is 29.4 Å². The summed E-state index contributed by atoms with van der Waals surface area (Å²) in [7, 11) is 0. The zero-order valence-corrected chi connectivity index (χ0v) is 17.8. The van der Waals surface area contributed by atoms with Crippen molar-refractivity contribution in [1.29, 1.82) is 0 Å². The van der Waals surface area contributed by atoms with E-state index in [-0.39, 0.29) is 17.9 Å². The fraction of sp³-hybridized carbons (Fsp3) is 0.136. The van der Waals surface area contributed by atoms with Crippen LogP contribution in [0.1, 0.15) is 26.5 Å². The highest BCUT2D eigenvalue weighted by Crippen LogP contribution is 2.23. The second-order valence-corrected chi connectivity index (χ2v) is 7.41. The first-order valence-corrected chi connectivity index (χ1v) is 9.97. The van der Waals surface area contributed by atoms with E-state index < -0.39 is 30.5 Å². The average molecular weight is 471 g/mol. The Hall–Kier alpha value is -3.86. The number of nitrogens with one attached hydrogen (secondary N) is 1. The molecule has 170 valence electrons. The third-order valence-electron chi connectivity index (χ3n) is 4.54. The van der Waals surface area contributed by atoms with E-state index in [0.29, 0.717) is 10.6 Å². The van der Waals surface area contributed by atoms with E-state index >= 15 is 0 Å². The highest BCUT2D eigenvalue weighted by atomic mass is 35.5. The van der Waals surface area contributed by atoms with Gasteiger partial charge in [-0.2, -0.15) is 0 Å². The standard InChI is InChI=1S/C22H19ClN4O6/c23-16-3-1-2-15(8-16)14-6-4-13(5-7-14)10-27(11-19(28)22(32)33)26-20(29)17-9-18(21(30)31)25-12-24-17/h1-9,12,19,28H,10-11H2,(H,26,29)(H,30,31)(H,32,33)/t19-/m1/s1. The maximum Gasteiger partial charge on any atom is 0.354 e. The van der Waals surface area contributed by atoms with Gasteiger partial charge in [0.15, 0.2) is 11.8 Å². The summed E-state index contributed by atoms with van der Waals surface area (Å²) in [6.45, 7) is -0.364. The Bertz CT molecular complexity index is 1170. The molecule has 1 amide bonds. The van der Waals surface area contributed by atoms with Crippen LogP contribution in [0, 0.1) is 0 Å². The summed E-state index contributed by atoms with van der Waals surface area (Å²) in [6, 6.07) is 15.6. The Morgan fingerprint density at radius 3 is 2.30 bits per heavy atom. The average Bonchev–Trinajstić information content (AvgIpc) is 2.79. The van der Waals surface area contributed by atoms with Gasteiger partial charge in [0.05, 0.1) is 6.54 Å². The number of carboxylic acid groups (broad SMARTS) is 2. The lowest BCUT2D eigenvalue weighted by Gasteiger charge is -2.24. The van der Waals surface area contributed by atoms with Gasteiger partial charge in [0.1, 0.15) is 12.0 Å². The van der Waals surface area contributed by atoms with Crippen molar-refractivity contribution in [1.82, 2.24) is 20.4 Å². The van der Waals surface area contributed by atoms with Crippen molar-refractivity contribution in [2.24, 2.45) is 0 Å². The minimum Gasteiger partial charge on any atom is -0.479 e. The van der Waals surface area contributed by atoms with Crippen LogP contribution in [0.3, 0.4) is 0 Å². The lowest BCUT2D eigenvalue weighted by molar-refractivity contribution is -0.148. The monoisotopic (exact) mass is 470 g/mol. The van der Waals surface area contributed by atoms with Crippen LogP contribution in [0.25, 0.3) is 11.1 Å². The highest BCUT2D eigenvalue weighted by Gasteiger charge is 2.21. The Labute approximate surface area is 193 Å². The third kappa shape index (κ3) is 6.56. The second-order valence-electron chi connectivity index (χ2n) is 6.98. The number of aliphatic carboxylic acids is 1. The van der Waals surface area contributed by atoms with E-state index in [1.54, 1.807) is 18.2 Å². The van der Waals surface area contributed by atoms with Gasteiger partial charge in [-0.15, -0.1) is 0 Å². The fourth-order valence-electron chi connectivity index (χ4n) is 2.93. The number of aromatic carboxylic acids is 1. The van der Waals surface area contributed by atoms with Crippen molar-refractivity contribution in [2.45, 2.75) is 12.6 Å². The van der Waals surface area contributed by atoms with Crippen molar-refractivity contribution < 1.29 is 29.7 Å². The molecule has 10 nitrogen and oxygen atoms in total. The molecule has 0 bridgehead atoms. The van der Waals surface area contributed by atoms with Crippen molar-refractivity contribution in [3.05, 3.63) is 82.9 Å². The van der Waals surface area contributed by atoms with Crippen LogP contribution in [0.15, 0.2) is 60.9 Å². The second kappa shape index (κ2) is 10.6. The van der Waals surface area contributed by atoms with Crippen LogP contribution in [0.2, 0.25) is 5.02 Å². The van der Waals surface area contributed by atoms with Gasteiger partial charge < -0.3 is 15.3 Å². The van der Waals surface area contributed by atoms with Crippen LogP contribution < -0.4 is 5.43 Å². The molecule has 0 unspecified atom stereocenters. The van der Waals surface area contributed by atoms with E-state index in [1.807, 2.05) is 30.3 Å². The summed E-state index contributed by atoms with van der Waals surface area (Å²) in [5.41, 5.74) is 4.40. The minimum atomic E-state index is -1.77. The number of halogens is 1. The molecule has 0 aliphatic heterocycles. The van der Waals surface area contributed by atoms with E-state index in [4.69, 9.17) is 21.8 Å². The Balaban J connectivity index is 1.77. The normalized spacial score (nSPS) is 11.7. The summed E-state index contributed by atoms with van der Waals surface area (Å²) in [4.78, 5) is 42.0. The zero-order valence-electron chi connectivity index (χ0n) is 17.1. The smallest absolute Gasteiger partial charge is 0.354 e. The summed E-state index contributed by atoms with van der Waals surface area (Å²) in [5.74, 6) is -3.57. The number of nitrogens with zero attached hydrogens (tertiary/aromatic N) is 3. The lowest BCUT2D eigenvalue weighted by Crippen LogP contribution is -2.47. The zero-order chi connectivity index (χ0) is 24.0. The molecule has 0 saturated carbocycles. The highest BCUT2D eigenvalue weighted by molar-refractivity contribution is 6.30. The Morgan fingerprint density at radius 1 is 0.970 bits per heavy atom. The van der Waals surface area contributed by atoms with Crippen molar-refractivity contribution in [2.75, 3.05) is 6.54 Å². The SMILES string of the molecule is O=C(O)c1cc(C(=O)NN(Cc2ccc(-c3cccc(Cl)c3)cc2)C[C@@H](O)C(=O)O)ncn1. The molecule has 0 aliphatic rings. The minimum absolute atomic E-state index is 0.0583. The first kappa shape index (κ1) is 23.8. The number of carbonyl (C=O) groups excluding carboxylic acids is 1. The molecule has 0 radical (unpaired) electrons. The van der Waals surface area contributed by atoms with Gasteiger partial charge in [0, 0.05) is 17.6 Å². The van der Waals surface area contributed by atoms with E-state index in [0.717, 1.165) is 23.5 Å². The molecule has 3 rings (SSSR count). The fourth-order valence-corrected chi connectivity index (χ4v) is 3.12. The number of hydrogen-bond donors (Lipinski definition) is 4. The number of hydrazine groups is 1. The molecule has 3 aromatic rings. The summed E-state index contributed by atoms with van der Waals surface area (Å²) in [6.07, 6.45) is -0.834.